The summed E-state index contributed by atoms with van der Waals surface area (Å²) in [5, 5.41) is 4.34. The Morgan fingerprint density at radius 3 is 2.73 bits per heavy atom. The van der Waals surface area contributed by atoms with Gasteiger partial charge in [0.2, 0.25) is 5.88 Å². The fraction of sp³-hybridized carbons (Fsp3) is 0.727. The van der Waals surface area contributed by atoms with E-state index < -0.39 is 0 Å². The standard InChI is InChI=1S/C11H19N3O/c1-3-14-11(10(12)8(2)13-14)15-9-6-4-5-7-9/h9H,3-7,12H2,1-2H3. The summed E-state index contributed by atoms with van der Waals surface area (Å²) in [6.07, 6.45) is 5.17. The highest BCUT2D eigenvalue weighted by Gasteiger charge is 2.21. The van der Waals surface area contributed by atoms with Crippen LogP contribution in [-0.2, 0) is 6.54 Å². The van der Waals surface area contributed by atoms with E-state index in [1.165, 1.54) is 12.8 Å². The summed E-state index contributed by atoms with van der Waals surface area (Å²) < 4.78 is 7.77. The molecule has 0 radical (unpaired) electrons. The molecule has 0 spiro atoms. The Balaban J connectivity index is 2.17. The van der Waals surface area contributed by atoms with Crippen LogP contribution in [0.1, 0.15) is 38.3 Å². The lowest BCUT2D eigenvalue weighted by molar-refractivity contribution is 0.191. The number of rotatable bonds is 3. The predicted octanol–water partition coefficient (Wildman–Crippen LogP) is 2.12. The summed E-state index contributed by atoms with van der Waals surface area (Å²) in [5.41, 5.74) is 7.51. The highest BCUT2D eigenvalue weighted by atomic mass is 16.5. The average molecular weight is 209 g/mol. The molecule has 1 aliphatic rings. The van der Waals surface area contributed by atoms with Gasteiger partial charge in [0.15, 0.2) is 0 Å². The first-order valence-corrected chi connectivity index (χ1v) is 5.72. The summed E-state index contributed by atoms with van der Waals surface area (Å²) in [6.45, 7) is 4.77. The second-order valence-corrected chi connectivity index (χ2v) is 4.14. The van der Waals surface area contributed by atoms with Gasteiger partial charge in [0, 0.05) is 6.54 Å². The number of nitrogen functional groups attached to an aromatic ring is 1. The highest BCUT2D eigenvalue weighted by molar-refractivity contribution is 5.52. The largest absolute Gasteiger partial charge is 0.473 e. The van der Waals surface area contributed by atoms with Crippen LogP contribution < -0.4 is 10.5 Å². The molecule has 1 aromatic rings. The van der Waals surface area contributed by atoms with Crippen molar-refractivity contribution in [1.29, 1.82) is 0 Å². The lowest BCUT2D eigenvalue weighted by atomic mass is 10.3. The second-order valence-electron chi connectivity index (χ2n) is 4.14. The maximum Gasteiger partial charge on any atom is 0.236 e. The second kappa shape index (κ2) is 4.13. The first-order valence-electron chi connectivity index (χ1n) is 5.72. The van der Waals surface area contributed by atoms with Crippen molar-refractivity contribution in [3.05, 3.63) is 5.69 Å². The van der Waals surface area contributed by atoms with Crippen molar-refractivity contribution in [1.82, 2.24) is 9.78 Å². The van der Waals surface area contributed by atoms with Gasteiger partial charge in [-0.15, -0.1) is 0 Å². The molecule has 2 rings (SSSR count). The van der Waals surface area contributed by atoms with Gasteiger partial charge >= 0.3 is 0 Å². The van der Waals surface area contributed by atoms with Crippen molar-refractivity contribution in [3.63, 3.8) is 0 Å². The topological polar surface area (TPSA) is 53.1 Å². The quantitative estimate of drug-likeness (QED) is 0.829. The highest BCUT2D eigenvalue weighted by Crippen LogP contribution is 2.30. The Hall–Kier alpha value is -1.19. The molecule has 1 aromatic heterocycles. The summed E-state index contributed by atoms with van der Waals surface area (Å²) in [6, 6.07) is 0. The zero-order valence-electron chi connectivity index (χ0n) is 9.49. The van der Waals surface area contributed by atoms with E-state index in [0.29, 0.717) is 11.8 Å². The van der Waals surface area contributed by atoms with Crippen LogP contribution in [0, 0.1) is 6.92 Å². The van der Waals surface area contributed by atoms with Gasteiger partial charge in [-0.2, -0.15) is 5.10 Å². The molecule has 0 saturated heterocycles. The molecule has 1 aliphatic carbocycles. The number of nitrogens with two attached hydrogens (primary N) is 1. The van der Waals surface area contributed by atoms with Crippen LogP contribution in [0.3, 0.4) is 0 Å². The van der Waals surface area contributed by atoms with Gasteiger partial charge in [0.05, 0.1) is 5.69 Å². The first-order chi connectivity index (χ1) is 7.22. The van der Waals surface area contributed by atoms with Crippen LogP contribution in [0.5, 0.6) is 5.88 Å². The number of ether oxygens (including phenoxy) is 1. The molecule has 4 heteroatoms. The minimum absolute atomic E-state index is 0.341. The molecule has 1 heterocycles. The maximum absolute atomic E-state index is 5.95. The fourth-order valence-corrected chi connectivity index (χ4v) is 2.08. The SMILES string of the molecule is CCn1nc(C)c(N)c1OC1CCCC1. The summed E-state index contributed by atoms with van der Waals surface area (Å²) in [7, 11) is 0. The monoisotopic (exact) mass is 209 g/mol. The molecule has 84 valence electrons. The minimum Gasteiger partial charge on any atom is -0.473 e. The first kappa shape index (κ1) is 10.3. The lowest BCUT2D eigenvalue weighted by Gasteiger charge is -2.14. The van der Waals surface area contributed by atoms with Crippen LogP contribution in [0.15, 0.2) is 0 Å². The van der Waals surface area contributed by atoms with Gasteiger partial charge in [-0.1, -0.05) is 0 Å². The molecule has 0 atom stereocenters. The number of anilines is 1. The van der Waals surface area contributed by atoms with Crippen LogP contribution in [0.4, 0.5) is 5.69 Å². The normalized spacial score (nSPS) is 17.2. The molecule has 1 fully saturated rings. The molecule has 0 aliphatic heterocycles. The Morgan fingerprint density at radius 1 is 1.47 bits per heavy atom. The van der Waals surface area contributed by atoms with Crippen molar-refractivity contribution < 1.29 is 4.74 Å². The molecular formula is C11H19N3O. The number of hydrogen-bond acceptors (Lipinski definition) is 3. The summed E-state index contributed by atoms with van der Waals surface area (Å²) in [4.78, 5) is 0. The predicted molar refractivity (Wildman–Crippen MR) is 59.9 cm³/mol. The summed E-state index contributed by atoms with van der Waals surface area (Å²) in [5.74, 6) is 0.766. The van der Waals surface area contributed by atoms with E-state index in [0.717, 1.165) is 31.0 Å². The molecule has 2 N–H and O–H groups in total. The Morgan fingerprint density at radius 2 is 2.13 bits per heavy atom. The van der Waals surface area contributed by atoms with Gasteiger partial charge in [-0.3, -0.25) is 0 Å². The van der Waals surface area contributed by atoms with Crippen LogP contribution >= 0.6 is 0 Å². The molecule has 1 saturated carbocycles. The Kier molecular flexibility index (Phi) is 2.84. The van der Waals surface area contributed by atoms with Crippen molar-refractivity contribution in [2.75, 3.05) is 5.73 Å². The van der Waals surface area contributed by atoms with Gasteiger partial charge in [-0.05, 0) is 39.5 Å². The number of nitrogens with zero attached hydrogens (tertiary/aromatic N) is 2. The third kappa shape index (κ3) is 1.94. The molecule has 0 bridgehead atoms. The average Bonchev–Trinajstić information content (AvgIpc) is 2.82. The molecule has 0 aromatic carbocycles. The zero-order chi connectivity index (χ0) is 10.8. The molecule has 0 unspecified atom stereocenters. The number of aromatic nitrogens is 2. The van der Waals surface area contributed by atoms with E-state index in [-0.39, 0.29) is 0 Å². The lowest BCUT2D eigenvalue weighted by Crippen LogP contribution is -2.15. The van der Waals surface area contributed by atoms with Crippen molar-refractivity contribution in [2.45, 2.75) is 52.2 Å². The minimum atomic E-state index is 0.341. The van der Waals surface area contributed by atoms with Gasteiger partial charge in [0.1, 0.15) is 11.8 Å². The zero-order valence-corrected chi connectivity index (χ0v) is 9.49. The van der Waals surface area contributed by atoms with Gasteiger partial charge in [0.25, 0.3) is 0 Å². The van der Waals surface area contributed by atoms with Crippen molar-refractivity contribution >= 4 is 5.69 Å². The van der Waals surface area contributed by atoms with E-state index in [9.17, 15) is 0 Å². The molecular weight excluding hydrogens is 190 g/mol. The van der Waals surface area contributed by atoms with Crippen LogP contribution in [-0.4, -0.2) is 15.9 Å². The smallest absolute Gasteiger partial charge is 0.236 e. The van der Waals surface area contributed by atoms with E-state index in [1.54, 1.807) is 0 Å². The third-order valence-corrected chi connectivity index (χ3v) is 3.01. The van der Waals surface area contributed by atoms with Gasteiger partial charge in [-0.25, -0.2) is 4.68 Å². The van der Waals surface area contributed by atoms with E-state index in [2.05, 4.69) is 5.10 Å². The van der Waals surface area contributed by atoms with Crippen molar-refractivity contribution in [2.24, 2.45) is 0 Å². The Bertz CT molecular complexity index is 340. The van der Waals surface area contributed by atoms with E-state index >= 15 is 0 Å². The Labute approximate surface area is 90.4 Å². The van der Waals surface area contributed by atoms with Crippen molar-refractivity contribution in [3.8, 4) is 5.88 Å². The fourth-order valence-electron chi connectivity index (χ4n) is 2.08. The summed E-state index contributed by atoms with van der Waals surface area (Å²) >= 11 is 0. The third-order valence-electron chi connectivity index (χ3n) is 3.01. The number of hydrogen-bond donors (Lipinski definition) is 1. The maximum atomic E-state index is 5.95. The number of aryl methyl sites for hydroxylation is 2. The van der Waals surface area contributed by atoms with E-state index in [1.807, 2.05) is 18.5 Å². The molecule has 15 heavy (non-hydrogen) atoms. The molecule has 4 nitrogen and oxygen atoms in total. The van der Waals surface area contributed by atoms with Crippen LogP contribution in [0.2, 0.25) is 0 Å². The van der Waals surface area contributed by atoms with Gasteiger partial charge < -0.3 is 10.5 Å². The van der Waals surface area contributed by atoms with Crippen LogP contribution in [0.25, 0.3) is 0 Å². The van der Waals surface area contributed by atoms with E-state index in [4.69, 9.17) is 10.5 Å². The molecule has 0 amide bonds.